The predicted octanol–water partition coefficient (Wildman–Crippen LogP) is 1.52. The van der Waals surface area contributed by atoms with Crippen LogP contribution in [0, 0.1) is 6.92 Å². The maximum Gasteiger partial charge on any atom is 0.215 e. The molecule has 0 saturated carbocycles. The van der Waals surface area contributed by atoms with Crippen LogP contribution >= 0.6 is 35.7 Å². The van der Waals surface area contributed by atoms with Gasteiger partial charge in [-0.2, -0.15) is 11.8 Å². The fourth-order valence-corrected chi connectivity index (χ4v) is 6.09. The zero-order valence-electron chi connectivity index (χ0n) is 17.7. The first-order chi connectivity index (χ1) is 14.0. The molecular formula is C19H33IN6O2S2. The first-order valence-electron chi connectivity index (χ1n) is 10.2. The van der Waals surface area contributed by atoms with Crippen LogP contribution in [0.4, 0.5) is 5.82 Å². The molecule has 0 bridgehead atoms. The Labute approximate surface area is 201 Å². The normalized spacial score (nSPS) is 19.3. The number of aromatic nitrogens is 1. The Bertz CT molecular complexity index is 794. The lowest BCUT2D eigenvalue weighted by molar-refractivity contribution is 0.442. The number of pyridine rings is 1. The topological polar surface area (TPSA) is 89.9 Å². The molecule has 0 spiro atoms. The molecule has 1 aromatic rings. The van der Waals surface area contributed by atoms with E-state index in [1.54, 1.807) is 11.4 Å². The summed E-state index contributed by atoms with van der Waals surface area (Å²) in [6.07, 6.45) is 1.97. The van der Waals surface area contributed by atoms with Gasteiger partial charge in [0.15, 0.2) is 5.96 Å². The zero-order valence-corrected chi connectivity index (χ0v) is 21.7. The van der Waals surface area contributed by atoms with Crippen LogP contribution in [-0.2, 0) is 10.0 Å². The molecule has 2 aliphatic heterocycles. The van der Waals surface area contributed by atoms with Crippen molar-refractivity contribution in [3.05, 3.63) is 23.9 Å². The molecule has 2 N–H and O–H groups in total. The summed E-state index contributed by atoms with van der Waals surface area (Å²) in [5.41, 5.74) is 1.03. The van der Waals surface area contributed by atoms with E-state index in [4.69, 9.17) is 0 Å². The molecule has 170 valence electrons. The maximum atomic E-state index is 12.4. The highest BCUT2D eigenvalue weighted by Gasteiger charge is 2.24. The molecule has 0 atom stereocenters. The van der Waals surface area contributed by atoms with E-state index in [-0.39, 0.29) is 29.7 Å². The predicted molar refractivity (Wildman–Crippen MR) is 137 cm³/mol. The molecule has 3 rings (SSSR count). The van der Waals surface area contributed by atoms with E-state index < -0.39 is 10.0 Å². The largest absolute Gasteiger partial charge is 0.356 e. The van der Waals surface area contributed by atoms with Gasteiger partial charge in [0.05, 0.1) is 5.75 Å². The first-order valence-corrected chi connectivity index (χ1v) is 13.0. The van der Waals surface area contributed by atoms with E-state index in [1.807, 2.05) is 30.8 Å². The smallest absolute Gasteiger partial charge is 0.215 e. The Morgan fingerprint density at radius 2 is 1.93 bits per heavy atom. The minimum Gasteiger partial charge on any atom is -0.356 e. The average Bonchev–Trinajstić information content (AvgIpc) is 2.74. The number of aliphatic imine (C=N–C) groups is 1. The van der Waals surface area contributed by atoms with Crippen molar-refractivity contribution in [2.45, 2.75) is 25.8 Å². The summed E-state index contributed by atoms with van der Waals surface area (Å²) in [7, 11) is -1.48. The highest BCUT2D eigenvalue weighted by molar-refractivity contribution is 14.0. The molecule has 11 heteroatoms. The molecule has 0 amide bonds. The number of halogens is 1. The Kier molecular flexibility index (Phi) is 10.4. The van der Waals surface area contributed by atoms with Crippen LogP contribution in [0.2, 0.25) is 0 Å². The number of sulfonamides is 1. The second-order valence-electron chi connectivity index (χ2n) is 7.37. The number of thioether (sulfide) groups is 1. The minimum absolute atomic E-state index is 0. The Morgan fingerprint density at radius 3 is 2.57 bits per heavy atom. The lowest BCUT2D eigenvalue weighted by atomic mass is 10.1. The van der Waals surface area contributed by atoms with Crippen molar-refractivity contribution in [1.29, 1.82) is 0 Å². The molecule has 0 aromatic carbocycles. The van der Waals surface area contributed by atoms with Crippen molar-refractivity contribution in [3.63, 3.8) is 0 Å². The molecule has 3 heterocycles. The van der Waals surface area contributed by atoms with Gasteiger partial charge in [0.25, 0.3) is 0 Å². The van der Waals surface area contributed by atoms with Crippen molar-refractivity contribution in [2.24, 2.45) is 4.99 Å². The fourth-order valence-electron chi connectivity index (χ4n) is 3.60. The third-order valence-electron chi connectivity index (χ3n) is 5.27. The fraction of sp³-hybridized carbons (Fsp3) is 0.684. The number of piperidine rings is 1. The number of nitrogens with one attached hydrogen (secondary N) is 2. The van der Waals surface area contributed by atoms with Crippen LogP contribution < -0.4 is 15.5 Å². The minimum atomic E-state index is -3.20. The molecule has 2 aliphatic rings. The third-order valence-corrected chi connectivity index (χ3v) is 8.09. The van der Waals surface area contributed by atoms with E-state index in [0.717, 1.165) is 48.9 Å². The maximum absolute atomic E-state index is 12.4. The van der Waals surface area contributed by atoms with Crippen LogP contribution in [0.5, 0.6) is 0 Å². The van der Waals surface area contributed by atoms with Gasteiger partial charge in [-0.05, 0) is 31.9 Å². The van der Waals surface area contributed by atoms with Crippen LogP contribution in [0.15, 0.2) is 23.2 Å². The van der Waals surface area contributed by atoms with Crippen molar-refractivity contribution in [2.75, 3.05) is 61.9 Å². The molecule has 0 aliphatic carbocycles. The van der Waals surface area contributed by atoms with Gasteiger partial charge in [0.1, 0.15) is 5.82 Å². The summed E-state index contributed by atoms with van der Waals surface area (Å²) in [4.78, 5) is 11.2. The molecular weight excluding hydrogens is 535 g/mol. The zero-order chi connectivity index (χ0) is 20.7. The average molecular weight is 569 g/mol. The van der Waals surface area contributed by atoms with Gasteiger partial charge in [-0.25, -0.2) is 17.7 Å². The molecule has 0 radical (unpaired) electrons. The van der Waals surface area contributed by atoms with E-state index >= 15 is 0 Å². The van der Waals surface area contributed by atoms with E-state index in [2.05, 4.69) is 31.6 Å². The molecule has 2 saturated heterocycles. The molecule has 1 aromatic heterocycles. The van der Waals surface area contributed by atoms with Crippen LogP contribution in [0.25, 0.3) is 0 Å². The van der Waals surface area contributed by atoms with Crippen molar-refractivity contribution >= 4 is 57.5 Å². The van der Waals surface area contributed by atoms with Gasteiger partial charge in [0.2, 0.25) is 10.0 Å². The summed E-state index contributed by atoms with van der Waals surface area (Å²) >= 11 is 1.81. The summed E-state index contributed by atoms with van der Waals surface area (Å²) in [6, 6.07) is 6.43. The monoisotopic (exact) mass is 568 g/mol. The van der Waals surface area contributed by atoms with Gasteiger partial charge in [-0.1, -0.05) is 6.07 Å². The number of hydrogen-bond donors (Lipinski definition) is 2. The molecule has 0 unspecified atom stereocenters. The summed E-state index contributed by atoms with van der Waals surface area (Å²) in [5, 5.41) is 6.60. The number of aryl methyl sites for hydroxylation is 1. The Hall–Kier alpha value is -0.790. The molecule has 2 fully saturated rings. The summed E-state index contributed by atoms with van der Waals surface area (Å²) in [6.45, 7) is 5.48. The van der Waals surface area contributed by atoms with Gasteiger partial charge in [-0.15, -0.1) is 24.0 Å². The number of guanidine groups is 1. The third kappa shape index (κ3) is 7.41. The van der Waals surface area contributed by atoms with Crippen molar-refractivity contribution in [1.82, 2.24) is 19.9 Å². The SMILES string of the molecule is CN=C(NCCS(=O)(=O)N1CCSCC1)NC1CCN(c2cccc(C)n2)CC1.I. The van der Waals surface area contributed by atoms with Gasteiger partial charge < -0.3 is 15.5 Å². The number of nitrogens with zero attached hydrogens (tertiary/aromatic N) is 4. The number of rotatable bonds is 6. The van der Waals surface area contributed by atoms with Crippen LogP contribution in [0.3, 0.4) is 0 Å². The Morgan fingerprint density at radius 1 is 1.23 bits per heavy atom. The van der Waals surface area contributed by atoms with E-state index in [0.29, 0.717) is 31.6 Å². The highest BCUT2D eigenvalue weighted by Crippen LogP contribution is 2.18. The second kappa shape index (κ2) is 12.3. The summed E-state index contributed by atoms with van der Waals surface area (Å²) < 4.78 is 26.5. The van der Waals surface area contributed by atoms with Crippen molar-refractivity contribution < 1.29 is 8.42 Å². The van der Waals surface area contributed by atoms with Crippen LogP contribution in [-0.4, -0.2) is 86.7 Å². The number of anilines is 1. The lowest BCUT2D eigenvalue weighted by Crippen LogP contribution is -2.50. The van der Waals surface area contributed by atoms with Gasteiger partial charge in [0, 0.05) is 63.0 Å². The van der Waals surface area contributed by atoms with E-state index in [9.17, 15) is 8.42 Å². The second-order valence-corrected chi connectivity index (χ2v) is 10.7. The quantitative estimate of drug-likeness (QED) is 0.306. The van der Waals surface area contributed by atoms with Crippen molar-refractivity contribution in [3.8, 4) is 0 Å². The standard InChI is InChI=1S/C19H32N6O2S2.HI/c1-16-4-3-5-18(22-16)24-9-6-17(7-10-24)23-19(20-2)21-8-15-29(26,27)25-11-13-28-14-12-25;/h3-5,17H,6-15H2,1-2H3,(H2,20,21,23);1H. The van der Waals surface area contributed by atoms with Gasteiger partial charge >= 0.3 is 0 Å². The molecule has 30 heavy (non-hydrogen) atoms. The van der Waals surface area contributed by atoms with Crippen LogP contribution in [0.1, 0.15) is 18.5 Å². The number of hydrogen-bond acceptors (Lipinski definition) is 6. The van der Waals surface area contributed by atoms with E-state index in [1.165, 1.54) is 0 Å². The summed E-state index contributed by atoms with van der Waals surface area (Å²) in [5.74, 6) is 3.56. The Balaban J connectivity index is 0.00000320. The highest BCUT2D eigenvalue weighted by atomic mass is 127. The van der Waals surface area contributed by atoms with Gasteiger partial charge in [-0.3, -0.25) is 4.99 Å². The molecule has 8 nitrogen and oxygen atoms in total. The lowest BCUT2D eigenvalue weighted by Gasteiger charge is -2.34. The first kappa shape index (κ1) is 25.5.